The van der Waals surface area contributed by atoms with Crippen LogP contribution in [0.3, 0.4) is 0 Å². The second kappa shape index (κ2) is 8.34. The summed E-state index contributed by atoms with van der Waals surface area (Å²) in [7, 11) is 3.20. The molecule has 2 heterocycles. The van der Waals surface area contributed by atoms with E-state index in [0.29, 0.717) is 27.8 Å². The van der Waals surface area contributed by atoms with Crippen LogP contribution < -0.4 is 9.47 Å². The van der Waals surface area contributed by atoms with Gasteiger partial charge in [0.25, 0.3) is 0 Å². The Balaban J connectivity index is 1.73. The van der Waals surface area contributed by atoms with Gasteiger partial charge in [-0.2, -0.15) is 0 Å². The topological polar surface area (TPSA) is 57.1 Å². The van der Waals surface area contributed by atoms with Gasteiger partial charge in [-0.3, -0.25) is 0 Å². The summed E-state index contributed by atoms with van der Waals surface area (Å²) in [6.07, 6.45) is 0. The number of hydrogen-bond donors (Lipinski definition) is 0. The molecule has 0 saturated carbocycles. The zero-order valence-electron chi connectivity index (χ0n) is 16.1. The zero-order valence-corrected chi connectivity index (χ0v) is 17.7. The van der Waals surface area contributed by atoms with E-state index in [2.05, 4.69) is 15.2 Å². The molecule has 0 fully saturated rings. The lowest BCUT2D eigenvalue weighted by atomic mass is 10.1. The number of methoxy groups -OCH3 is 2. The Labute approximate surface area is 175 Å². The molecule has 0 radical (unpaired) electrons. The smallest absolute Gasteiger partial charge is 0.161 e. The Bertz CT molecular complexity index is 1180. The van der Waals surface area contributed by atoms with Crippen LogP contribution in [0.2, 0.25) is 0 Å². The van der Waals surface area contributed by atoms with Crippen molar-refractivity contribution >= 4 is 33.3 Å². The minimum Gasteiger partial charge on any atom is -0.493 e. The van der Waals surface area contributed by atoms with Crippen LogP contribution in [0.15, 0.2) is 47.5 Å². The van der Waals surface area contributed by atoms with Gasteiger partial charge in [-0.15, -0.1) is 21.5 Å². The van der Waals surface area contributed by atoms with Gasteiger partial charge in [0.1, 0.15) is 22.1 Å². The van der Waals surface area contributed by atoms with E-state index < -0.39 is 0 Å². The van der Waals surface area contributed by atoms with Crippen molar-refractivity contribution in [3.05, 3.63) is 58.9 Å². The molecule has 29 heavy (non-hydrogen) atoms. The molecular weight excluding hydrogens is 409 g/mol. The van der Waals surface area contributed by atoms with Gasteiger partial charge in [-0.1, -0.05) is 30.0 Å². The molecule has 148 valence electrons. The second-order valence-corrected chi connectivity index (χ2v) is 8.38. The molecule has 0 aliphatic heterocycles. The van der Waals surface area contributed by atoms with Crippen molar-refractivity contribution in [3.63, 3.8) is 0 Å². The minimum absolute atomic E-state index is 0.222. The van der Waals surface area contributed by atoms with Crippen LogP contribution in [0.1, 0.15) is 10.6 Å². The molecule has 0 N–H and O–H groups in total. The normalized spacial score (nSPS) is 11.0. The molecule has 0 amide bonds. The quantitative estimate of drug-likeness (QED) is 0.378. The predicted molar refractivity (Wildman–Crippen MR) is 114 cm³/mol. The van der Waals surface area contributed by atoms with Crippen LogP contribution in [-0.2, 0) is 5.75 Å². The van der Waals surface area contributed by atoms with E-state index in [-0.39, 0.29) is 5.82 Å². The molecule has 0 bridgehead atoms. The summed E-state index contributed by atoms with van der Waals surface area (Å²) in [5.41, 5.74) is 3.02. The van der Waals surface area contributed by atoms with E-state index in [0.717, 1.165) is 26.5 Å². The van der Waals surface area contributed by atoms with E-state index in [9.17, 15) is 4.39 Å². The number of thiazole rings is 1. The number of halogens is 1. The van der Waals surface area contributed by atoms with E-state index in [1.54, 1.807) is 37.7 Å². The second-order valence-electron chi connectivity index (χ2n) is 6.21. The van der Waals surface area contributed by atoms with Gasteiger partial charge in [-0.05, 0) is 36.8 Å². The van der Waals surface area contributed by atoms with Gasteiger partial charge in [0.2, 0.25) is 0 Å². The first-order valence-electron chi connectivity index (χ1n) is 8.83. The molecule has 4 aromatic rings. The average Bonchev–Trinajstić information content (AvgIpc) is 3.14. The van der Waals surface area contributed by atoms with Gasteiger partial charge in [0, 0.05) is 11.3 Å². The van der Waals surface area contributed by atoms with Crippen molar-refractivity contribution in [1.29, 1.82) is 0 Å². The van der Waals surface area contributed by atoms with E-state index in [1.807, 2.05) is 31.2 Å². The monoisotopic (exact) mass is 427 g/mol. The first-order valence-corrected chi connectivity index (χ1v) is 10.6. The van der Waals surface area contributed by atoms with E-state index in [1.165, 1.54) is 17.8 Å². The summed E-state index contributed by atoms with van der Waals surface area (Å²) >= 11 is 3.00. The first kappa shape index (κ1) is 19.6. The van der Waals surface area contributed by atoms with Crippen LogP contribution in [0.5, 0.6) is 11.5 Å². The summed E-state index contributed by atoms with van der Waals surface area (Å²) in [4.78, 5) is 4.66. The lowest BCUT2D eigenvalue weighted by molar-refractivity contribution is 0.355. The summed E-state index contributed by atoms with van der Waals surface area (Å²) in [6, 6.07) is 12.4. The number of aryl methyl sites for hydroxylation is 1. The third kappa shape index (κ3) is 3.90. The highest BCUT2D eigenvalue weighted by Crippen LogP contribution is 2.38. The maximum Gasteiger partial charge on any atom is 0.161 e. The molecular formula is C21H18FN3O2S2. The molecule has 2 aromatic heterocycles. The summed E-state index contributed by atoms with van der Waals surface area (Å²) < 4.78 is 25.6. The lowest BCUT2D eigenvalue weighted by Gasteiger charge is -2.10. The predicted octanol–water partition coefficient (Wildman–Crippen LogP) is 5.51. The van der Waals surface area contributed by atoms with Gasteiger partial charge < -0.3 is 9.47 Å². The van der Waals surface area contributed by atoms with Crippen molar-refractivity contribution in [1.82, 2.24) is 15.2 Å². The molecule has 0 atom stereocenters. The average molecular weight is 428 g/mol. The molecule has 0 unspecified atom stereocenters. The minimum atomic E-state index is -0.222. The van der Waals surface area contributed by atoms with Gasteiger partial charge in [0.05, 0.1) is 23.9 Å². The van der Waals surface area contributed by atoms with Gasteiger partial charge in [0.15, 0.2) is 11.5 Å². The summed E-state index contributed by atoms with van der Waals surface area (Å²) in [5.74, 6) is 1.51. The fraction of sp³-hybridized carbons (Fsp3) is 0.190. The number of rotatable bonds is 6. The number of thioether (sulfide) groups is 1. The molecule has 0 aliphatic carbocycles. The largest absolute Gasteiger partial charge is 0.493 e. The summed E-state index contributed by atoms with van der Waals surface area (Å²) in [6.45, 7) is 1.95. The molecule has 5 nitrogen and oxygen atoms in total. The van der Waals surface area contributed by atoms with E-state index >= 15 is 0 Å². The van der Waals surface area contributed by atoms with Crippen LogP contribution in [0, 0.1) is 12.7 Å². The third-order valence-electron chi connectivity index (χ3n) is 4.37. The van der Waals surface area contributed by atoms with Gasteiger partial charge >= 0.3 is 0 Å². The highest BCUT2D eigenvalue weighted by Gasteiger charge is 2.18. The Hall–Kier alpha value is -2.71. The maximum atomic E-state index is 13.9. The number of nitrogens with zero attached hydrogens (tertiary/aromatic N) is 3. The van der Waals surface area contributed by atoms with Crippen molar-refractivity contribution in [3.8, 4) is 22.8 Å². The number of benzene rings is 2. The van der Waals surface area contributed by atoms with Crippen molar-refractivity contribution in [2.75, 3.05) is 14.2 Å². The first-order chi connectivity index (χ1) is 14.1. The highest BCUT2D eigenvalue weighted by atomic mass is 32.2. The lowest BCUT2D eigenvalue weighted by Crippen LogP contribution is -1.95. The number of fused-ring (bicyclic) bond motifs is 1. The summed E-state index contributed by atoms with van der Waals surface area (Å²) in [5, 5.41) is 10.5. The Morgan fingerprint density at radius 3 is 2.59 bits per heavy atom. The third-order valence-corrected chi connectivity index (χ3v) is 6.35. The van der Waals surface area contributed by atoms with E-state index in [4.69, 9.17) is 9.47 Å². The molecule has 0 spiro atoms. The van der Waals surface area contributed by atoms with Crippen LogP contribution in [-0.4, -0.2) is 29.4 Å². The number of ether oxygens (including phenoxy) is 2. The van der Waals surface area contributed by atoms with Gasteiger partial charge in [-0.25, -0.2) is 9.37 Å². The Morgan fingerprint density at radius 1 is 1.03 bits per heavy atom. The molecule has 0 saturated heterocycles. The molecule has 0 aliphatic rings. The van der Waals surface area contributed by atoms with Crippen molar-refractivity contribution in [2.45, 2.75) is 17.7 Å². The standard InChI is InChI=1S/C21H18FN3O2S2/c1-12-23-19-20(29-12)18(13-8-9-16(26-2)17(10-13)27-3)24-25-21(19)28-11-14-6-4-5-7-15(14)22/h4-10H,11H2,1-3H3. The zero-order chi connectivity index (χ0) is 20.4. The molecule has 8 heteroatoms. The number of hydrogen-bond acceptors (Lipinski definition) is 7. The molecule has 2 aromatic carbocycles. The number of aromatic nitrogens is 3. The van der Waals surface area contributed by atoms with Crippen LogP contribution >= 0.6 is 23.1 Å². The van der Waals surface area contributed by atoms with Crippen molar-refractivity contribution in [2.24, 2.45) is 0 Å². The highest BCUT2D eigenvalue weighted by molar-refractivity contribution is 7.98. The van der Waals surface area contributed by atoms with Crippen molar-refractivity contribution < 1.29 is 13.9 Å². The maximum absolute atomic E-state index is 13.9. The van der Waals surface area contributed by atoms with Crippen LogP contribution in [0.25, 0.3) is 21.5 Å². The Kier molecular flexibility index (Phi) is 5.64. The van der Waals surface area contributed by atoms with Crippen LogP contribution in [0.4, 0.5) is 4.39 Å². The fourth-order valence-electron chi connectivity index (χ4n) is 2.95. The Morgan fingerprint density at radius 2 is 1.83 bits per heavy atom. The fourth-order valence-corrected chi connectivity index (χ4v) is 4.85. The SMILES string of the molecule is COc1ccc(-c2nnc(SCc3ccccc3F)c3nc(C)sc23)cc1OC. The molecule has 4 rings (SSSR count).